The zero-order valence-corrected chi connectivity index (χ0v) is 20.5. The summed E-state index contributed by atoms with van der Waals surface area (Å²) >= 11 is 6.07. The second kappa shape index (κ2) is 11.0. The van der Waals surface area contributed by atoms with Crippen LogP contribution in [0.2, 0.25) is 5.02 Å². The van der Waals surface area contributed by atoms with E-state index in [1.165, 1.54) is 6.07 Å². The van der Waals surface area contributed by atoms with Crippen LogP contribution in [0.4, 0.5) is 11.4 Å². The number of nitrogens with zero attached hydrogens (tertiary/aromatic N) is 2. The summed E-state index contributed by atoms with van der Waals surface area (Å²) in [4.78, 5) is 28.3. The molecule has 0 aliphatic carbocycles. The second-order valence-corrected chi connectivity index (χ2v) is 10.5. The Kier molecular flexibility index (Phi) is 8.37. The van der Waals surface area contributed by atoms with Crippen LogP contribution in [0.25, 0.3) is 0 Å². The predicted molar refractivity (Wildman–Crippen MR) is 132 cm³/mol. The number of para-hydroxylation sites is 1. The Morgan fingerprint density at radius 2 is 1.73 bits per heavy atom. The Morgan fingerprint density at radius 1 is 1.06 bits per heavy atom. The molecule has 0 aromatic heterocycles. The fourth-order valence-electron chi connectivity index (χ4n) is 4.11. The molecule has 1 atom stereocenters. The number of carbonyl (C=O) groups is 2. The molecule has 1 saturated heterocycles. The number of nitrogens with one attached hydrogen (secondary N) is 1. The minimum absolute atomic E-state index is 0.129. The molecule has 1 heterocycles. The van der Waals surface area contributed by atoms with Crippen LogP contribution >= 0.6 is 11.6 Å². The summed E-state index contributed by atoms with van der Waals surface area (Å²) in [6.45, 7) is 3.12. The monoisotopic (exact) mass is 491 g/mol. The van der Waals surface area contributed by atoms with Crippen molar-refractivity contribution in [3.05, 3.63) is 59.1 Å². The Labute approximate surface area is 200 Å². The lowest BCUT2D eigenvalue weighted by Gasteiger charge is -2.30. The topological polar surface area (TPSA) is 86.8 Å². The number of carbonyl (C=O) groups excluding carboxylic acids is 2. The van der Waals surface area contributed by atoms with Gasteiger partial charge in [-0.25, -0.2) is 8.42 Å². The lowest BCUT2D eigenvalue weighted by molar-refractivity contribution is -0.117. The summed E-state index contributed by atoms with van der Waals surface area (Å²) in [6, 6.07) is 12.2. The molecule has 1 aliphatic rings. The van der Waals surface area contributed by atoms with E-state index in [9.17, 15) is 18.0 Å². The van der Waals surface area contributed by atoms with Crippen LogP contribution in [0.3, 0.4) is 0 Å². The fourth-order valence-corrected chi connectivity index (χ4v) is 5.50. The van der Waals surface area contributed by atoms with Crippen LogP contribution in [0, 0.1) is 0 Å². The van der Waals surface area contributed by atoms with Crippen molar-refractivity contribution in [1.82, 2.24) is 4.90 Å². The van der Waals surface area contributed by atoms with Gasteiger partial charge in [0.2, 0.25) is 15.9 Å². The summed E-state index contributed by atoms with van der Waals surface area (Å²) < 4.78 is 26.4. The van der Waals surface area contributed by atoms with E-state index in [1.54, 1.807) is 49.4 Å². The minimum atomic E-state index is -3.79. The van der Waals surface area contributed by atoms with Crippen LogP contribution in [-0.2, 0) is 14.8 Å². The summed E-state index contributed by atoms with van der Waals surface area (Å²) in [5.41, 5.74) is 1.08. The predicted octanol–water partition coefficient (Wildman–Crippen LogP) is 4.54. The Balaban J connectivity index is 1.89. The van der Waals surface area contributed by atoms with Crippen molar-refractivity contribution in [2.45, 2.75) is 45.1 Å². The van der Waals surface area contributed by atoms with Crippen LogP contribution in [0.15, 0.2) is 48.5 Å². The van der Waals surface area contributed by atoms with E-state index in [0.29, 0.717) is 35.1 Å². The van der Waals surface area contributed by atoms with Gasteiger partial charge in [-0.05, 0) is 49.6 Å². The fraction of sp³-hybridized carbons (Fsp3) is 0.417. The van der Waals surface area contributed by atoms with Gasteiger partial charge in [0.15, 0.2) is 0 Å². The normalized spacial score (nSPS) is 15.4. The molecule has 0 spiro atoms. The zero-order valence-electron chi connectivity index (χ0n) is 19.0. The number of likely N-dealkylation sites (tertiary alicyclic amines) is 1. The second-order valence-electron chi connectivity index (χ2n) is 8.20. The van der Waals surface area contributed by atoms with E-state index in [0.717, 1.165) is 36.2 Å². The SMILES string of the molecule is CC[C@H](C(=O)Nc1ccccc1C(=O)N1CCCCCC1)N(c1cccc(Cl)c1)S(C)(=O)=O. The number of hydrogen-bond donors (Lipinski definition) is 1. The quantitative estimate of drug-likeness (QED) is 0.616. The Bertz CT molecular complexity index is 1100. The van der Waals surface area contributed by atoms with Crippen molar-refractivity contribution in [3.63, 3.8) is 0 Å². The summed E-state index contributed by atoms with van der Waals surface area (Å²) in [5, 5.41) is 3.17. The largest absolute Gasteiger partial charge is 0.339 e. The first-order valence-electron chi connectivity index (χ1n) is 11.2. The van der Waals surface area contributed by atoms with Gasteiger partial charge in [-0.15, -0.1) is 0 Å². The molecule has 1 fully saturated rings. The molecular formula is C24H30ClN3O4S. The summed E-state index contributed by atoms with van der Waals surface area (Å²) in [6.07, 6.45) is 5.41. The maximum atomic E-state index is 13.3. The van der Waals surface area contributed by atoms with Gasteiger partial charge in [0.25, 0.3) is 5.91 Å². The molecule has 178 valence electrons. The summed E-state index contributed by atoms with van der Waals surface area (Å²) in [7, 11) is -3.79. The van der Waals surface area contributed by atoms with Crippen molar-refractivity contribution in [3.8, 4) is 0 Å². The summed E-state index contributed by atoms with van der Waals surface area (Å²) in [5.74, 6) is -0.644. The number of rotatable bonds is 7. The lowest BCUT2D eigenvalue weighted by Crippen LogP contribution is -2.47. The van der Waals surface area contributed by atoms with Gasteiger partial charge in [-0.1, -0.05) is 49.6 Å². The van der Waals surface area contributed by atoms with Crippen LogP contribution in [0.1, 0.15) is 49.4 Å². The number of hydrogen-bond acceptors (Lipinski definition) is 4. The van der Waals surface area contributed by atoms with Crippen LogP contribution in [0.5, 0.6) is 0 Å². The van der Waals surface area contributed by atoms with Gasteiger partial charge in [-0.3, -0.25) is 13.9 Å². The van der Waals surface area contributed by atoms with Crippen molar-refractivity contribution in [2.24, 2.45) is 0 Å². The lowest BCUT2D eigenvalue weighted by atomic mass is 10.1. The third-order valence-corrected chi connectivity index (χ3v) is 7.12. The van der Waals surface area contributed by atoms with Crippen molar-refractivity contribution in [2.75, 3.05) is 29.0 Å². The first-order valence-corrected chi connectivity index (χ1v) is 13.4. The number of amides is 2. The molecule has 2 aromatic rings. The highest BCUT2D eigenvalue weighted by Crippen LogP contribution is 2.27. The average Bonchev–Trinajstić information content (AvgIpc) is 3.06. The van der Waals surface area contributed by atoms with Gasteiger partial charge in [0, 0.05) is 18.1 Å². The number of sulfonamides is 1. The molecule has 0 saturated carbocycles. The van der Waals surface area contributed by atoms with E-state index in [2.05, 4.69) is 5.32 Å². The molecule has 1 N–H and O–H groups in total. The molecule has 0 unspecified atom stereocenters. The van der Waals surface area contributed by atoms with Gasteiger partial charge in [-0.2, -0.15) is 0 Å². The van der Waals surface area contributed by atoms with Crippen LogP contribution < -0.4 is 9.62 Å². The molecule has 0 bridgehead atoms. The Hall–Kier alpha value is -2.58. The third kappa shape index (κ3) is 6.26. The molecule has 1 aliphatic heterocycles. The minimum Gasteiger partial charge on any atom is -0.339 e. The molecule has 3 rings (SSSR count). The first-order chi connectivity index (χ1) is 15.7. The highest BCUT2D eigenvalue weighted by atomic mass is 35.5. The third-order valence-electron chi connectivity index (χ3n) is 5.70. The molecule has 0 radical (unpaired) electrons. The molecular weight excluding hydrogens is 462 g/mol. The highest BCUT2D eigenvalue weighted by Gasteiger charge is 2.32. The zero-order chi connectivity index (χ0) is 24.0. The van der Waals surface area contributed by atoms with Gasteiger partial charge in [0.05, 0.1) is 23.2 Å². The molecule has 7 nitrogen and oxygen atoms in total. The molecule has 2 aromatic carbocycles. The number of benzene rings is 2. The van der Waals surface area contributed by atoms with Gasteiger partial charge in [0.1, 0.15) is 6.04 Å². The van der Waals surface area contributed by atoms with E-state index >= 15 is 0 Å². The molecule has 9 heteroatoms. The molecule has 2 amide bonds. The average molecular weight is 492 g/mol. The van der Waals surface area contributed by atoms with E-state index in [1.807, 2.05) is 4.90 Å². The van der Waals surface area contributed by atoms with E-state index in [-0.39, 0.29) is 12.3 Å². The van der Waals surface area contributed by atoms with E-state index < -0.39 is 22.0 Å². The smallest absolute Gasteiger partial charge is 0.255 e. The van der Waals surface area contributed by atoms with Gasteiger partial charge >= 0.3 is 0 Å². The highest BCUT2D eigenvalue weighted by molar-refractivity contribution is 7.92. The van der Waals surface area contributed by atoms with Crippen LogP contribution in [-0.4, -0.2) is 50.5 Å². The van der Waals surface area contributed by atoms with Crippen molar-refractivity contribution >= 4 is 44.8 Å². The standard InChI is InChI=1S/C24H30ClN3O4S/c1-3-22(28(33(2,31)32)19-12-10-11-18(25)17-19)23(29)26-21-14-7-6-13-20(21)24(30)27-15-8-4-5-9-16-27/h6-7,10-14,17,22H,3-5,8-9,15-16H2,1-2H3,(H,26,29)/t22-/m1/s1. The maximum Gasteiger partial charge on any atom is 0.255 e. The van der Waals surface area contributed by atoms with Crippen molar-refractivity contribution < 1.29 is 18.0 Å². The maximum absolute atomic E-state index is 13.3. The Morgan fingerprint density at radius 3 is 2.33 bits per heavy atom. The number of halogens is 1. The molecule has 33 heavy (non-hydrogen) atoms. The number of anilines is 2. The van der Waals surface area contributed by atoms with E-state index in [4.69, 9.17) is 11.6 Å². The van der Waals surface area contributed by atoms with Crippen molar-refractivity contribution in [1.29, 1.82) is 0 Å². The van der Waals surface area contributed by atoms with Gasteiger partial charge < -0.3 is 10.2 Å². The first kappa shape index (κ1) is 25.1.